The molecule has 0 amide bonds. The Morgan fingerprint density at radius 3 is 1.09 bits per heavy atom. The largest absolute Gasteiger partial charge is 1.00 e. The van der Waals surface area contributed by atoms with Crippen LogP contribution in [0.15, 0.2) is 21.5 Å². The SMILES string of the molecule is CC1=C(C)C(C)=C(C)[Si-]1.[Li+].[Li+]. The Bertz CT molecular complexity index is 182. The maximum absolute atomic E-state index is 2.23. The summed E-state index contributed by atoms with van der Waals surface area (Å²) < 4.78 is 0. The van der Waals surface area contributed by atoms with Crippen molar-refractivity contribution in [3.05, 3.63) is 21.5 Å². The van der Waals surface area contributed by atoms with Gasteiger partial charge in [-0.1, -0.05) is 25.0 Å². The second-order valence-corrected chi connectivity index (χ2v) is 4.38. The van der Waals surface area contributed by atoms with Gasteiger partial charge in [-0.25, -0.2) is 10.4 Å². The second-order valence-electron chi connectivity index (χ2n) is 2.62. The van der Waals surface area contributed by atoms with Gasteiger partial charge in [0.25, 0.3) is 0 Å². The summed E-state index contributed by atoms with van der Waals surface area (Å²) in [5.41, 5.74) is 3.04. The molecule has 0 aliphatic carbocycles. The van der Waals surface area contributed by atoms with Gasteiger partial charge in [0.2, 0.25) is 0 Å². The van der Waals surface area contributed by atoms with Crippen LogP contribution in [0.25, 0.3) is 0 Å². The molecule has 0 nitrogen and oxygen atoms in total. The smallest absolute Gasteiger partial charge is 0.407 e. The van der Waals surface area contributed by atoms with Crippen LogP contribution in [-0.2, 0) is 0 Å². The third kappa shape index (κ3) is 3.02. The van der Waals surface area contributed by atoms with Crippen LogP contribution in [-0.4, -0.2) is 9.52 Å². The predicted octanol–water partition coefficient (Wildman–Crippen LogP) is -3.70. The Kier molecular flexibility index (Phi) is 7.24. The van der Waals surface area contributed by atoms with Crippen molar-refractivity contribution in [2.45, 2.75) is 27.7 Å². The molecule has 0 saturated carbocycles. The van der Waals surface area contributed by atoms with Crippen molar-refractivity contribution in [1.82, 2.24) is 0 Å². The molecule has 0 spiro atoms. The molecule has 0 aromatic rings. The van der Waals surface area contributed by atoms with Crippen LogP contribution >= 0.6 is 0 Å². The van der Waals surface area contributed by atoms with E-state index in [-0.39, 0.29) is 37.7 Å². The molecule has 1 radical (unpaired) electrons. The fraction of sp³-hybridized carbons (Fsp3) is 0.500. The van der Waals surface area contributed by atoms with Crippen molar-refractivity contribution >= 4 is 9.52 Å². The maximum atomic E-state index is 2.23. The first-order chi connectivity index (χ1) is 4.13. The molecule has 0 atom stereocenters. The molecule has 1 aliphatic heterocycles. The summed E-state index contributed by atoms with van der Waals surface area (Å²) in [6, 6.07) is 0. The molecule has 3 heteroatoms. The Morgan fingerprint density at radius 2 is 1.00 bits per heavy atom. The van der Waals surface area contributed by atoms with E-state index in [4.69, 9.17) is 0 Å². The summed E-state index contributed by atoms with van der Waals surface area (Å²) in [5.74, 6) is 0. The standard InChI is InChI=1S/C8H12Si.2Li/c1-5-6(2)8(4)9-7(5)3;;/h1-4H3;;/q-1;2*+1. The van der Waals surface area contributed by atoms with E-state index in [9.17, 15) is 0 Å². The fourth-order valence-electron chi connectivity index (χ4n) is 1.03. The summed E-state index contributed by atoms with van der Waals surface area (Å²) in [5, 5.41) is 3.15. The Hall–Kier alpha value is 0.892. The van der Waals surface area contributed by atoms with Gasteiger partial charge in [0.15, 0.2) is 0 Å². The molecule has 1 heterocycles. The molecule has 1 rings (SSSR count). The molecule has 11 heavy (non-hydrogen) atoms. The van der Waals surface area contributed by atoms with Crippen molar-refractivity contribution in [2.75, 3.05) is 0 Å². The van der Waals surface area contributed by atoms with Crippen LogP contribution < -0.4 is 37.7 Å². The zero-order chi connectivity index (χ0) is 7.02. The molecule has 1 aliphatic rings. The van der Waals surface area contributed by atoms with Crippen LogP contribution in [0.1, 0.15) is 27.7 Å². The average molecular weight is 150 g/mol. The topological polar surface area (TPSA) is 0 Å². The van der Waals surface area contributed by atoms with Crippen molar-refractivity contribution in [3.63, 3.8) is 0 Å². The minimum absolute atomic E-state index is 0. The Labute approximate surface area is 96.1 Å². The quantitative estimate of drug-likeness (QED) is 0.312. The first-order valence-corrected chi connectivity index (χ1v) is 4.25. The zero-order valence-corrected chi connectivity index (χ0v) is 9.50. The van der Waals surface area contributed by atoms with Crippen molar-refractivity contribution in [1.29, 1.82) is 0 Å². The van der Waals surface area contributed by atoms with E-state index >= 15 is 0 Å². The van der Waals surface area contributed by atoms with E-state index in [0.29, 0.717) is 0 Å². The number of rotatable bonds is 0. The fourth-order valence-corrected chi connectivity index (χ4v) is 2.34. The van der Waals surface area contributed by atoms with Gasteiger partial charge in [0.1, 0.15) is 0 Å². The summed E-state index contributed by atoms with van der Waals surface area (Å²) in [7, 11) is 0.976. The molecule has 0 aromatic carbocycles. The monoisotopic (exact) mass is 150 g/mol. The number of hydrogen-bond acceptors (Lipinski definition) is 0. The van der Waals surface area contributed by atoms with E-state index in [1.807, 2.05) is 0 Å². The molecule has 0 saturated heterocycles. The van der Waals surface area contributed by atoms with Crippen LogP contribution in [0.4, 0.5) is 0 Å². The van der Waals surface area contributed by atoms with E-state index < -0.39 is 0 Å². The molecular weight excluding hydrogens is 138 g/mol. The number of allylic oxidation sites excluding steroid dienone is 4. The van der Waals surface area contributed by atoms with Gasteiger partial charge in [0.05, 0.1) is 0 Å². The van der Waals surface area contributed by atoms with Gasteiger partial charge in [-0.15, -0.1) is 0 Å². The van der Waals surface area contributed by atoms with Crippen LogP contribution in [0, 0.1) is 0 Å². The van der Waals surface area contributed by atoms with Crippen molar-refractivity contribution in [2.24, 2.45) is 0 Å². The zero-order valence-electron chi connectivity index (χ0n) is 8.50. The minimum Gasteiger partial charge on any atom is -0.407 e. The summed E-state index contributed by atoms with van der Waals surface area (Å²) in [6.07, 6.45) is 0. The first-order valence-electron chi connectivity index (χ1n) is 3.25. The van der Waals surface area contributed by atoms with Gasteiger partial charge in [-0.3, -0.25) is 0 Å². The van der Waals surface area contributed by atoms with Crippen molar-refractivity contribution in [3.8, 4) is 0 Å². The van der Waals surface area contributed by atoms with E-state index in [2.05, 4.69) is 27.7 Å². The summed E-state index contributed by atoms with van der Waals surface area (Å²) in [6.45, 7) is 8.89. The molecule has 49 valence electrons. The van der Waals surface area contributed by atoms with Crippen molar-refractivity contribution < 1.29 is 37.7 Å². The normalized spacial score (nSPS) is 15.6. The van der Waals surface area contributed by atoms with E-state index in [1.54, 1.807) is 10.4 Å². The first kappa shape index (κ1) is 14.4. The Balaban J connectivity index is 0. The predicted molar refractivity (Wildman–Crippen MR) is 42.5 cm³/mol. The van der Waals surface area contributed by atoms with E-state index in [0.717, 1.165) is 9.52 Å². The molecule has 0 bridgehead atoms. The second kappa shape index (κ2) is 5.52. The third-order valence-electron chi connectivity index (χ3n) is 2.06. The van der Waals surface area contributed by atoms with Gasteiger partial charge in [0, 0.05) is 0 Å². The summed E-state index contributed by atoms with van der Waals surface area (Å²) in [4.78, 5) is 0. The molecule has 0 unspecified atom stereocenters. The van der Waals surface area contributed by atoms with E-state index in [1.165, 1.54) is 11.1 Å². The van der Waals surface area contributed by atoms with Crippen LogP contribution in [0.5, 0.6) is 0 Å². The third-order valence-corrected chi connectivity index (χ3v) is 3.56. The number of hydrogen-bond donors (Lipinski definition) is 0. The van der Waals surface area contributed by atoms with Gasteiger partial charge in [-0.05, 0) is 13.8 Å². The average Bonchev–Trinajstić information content (AvgIpc) is 1.98. The van der Waals surface area contributed by atoms with Crippen LogP contribution in [0.3, 0.4) is 0 Å². The summed E-state index contributed by atoms with van der Waals surface area (Å²) >= 11 is 0. The van der Waals surface area contributed by atoms with Gasteiger partial charge in [-0.2, -0.15) is 0 Å². The Morgan fingerprint density at radius 1 is 0.727 bits per heavy atom. The molecule has 0 aromatic heterocycles. The molecule has 0 fully saturated rings. The molecule has 0 N–H and O–H groups in total. The maximum Gasteiger partial charge on any atom is 1.00 e. The van der Waals surface area contributed by atoms with Gasteiger partial charge >= 0.3 is 37.7 Å². The minimum atomic E-state index is 0. The van der Waals surface area contributed by atoms with Crippen LogP contribution in [0.2, 0.25) is 0 Å². The van der Waals surface area contributed by atoms with Gasteiger partial charge < -0.3 is 9.52 Å². The molecular formula is C8H12Li2Si+.